The number of hydrogen-bond donors (Lipinski definition) is 2. The van der Waals surface area contributed by atoms with Crippen LogP contribution in [0.4, 0.5) is 0 Å². The number of methoxy groups -OCH3 is 1. The first-order valence-corrected chi connectivity index (χ1v) is 9.80. The Hall–Kier alpha value is -2.60. The van der Waals surface area contributed by atoms with Crippen LogP contribution in [0.1, 0.15) is 29.7 Å². The van der Waals surface area contributed by atoms with E-state index in [1.165, 1.54) is 0 Å². The van der Waals surface area contributed by atoms with E-state index in [-0.39, 0.29) is 6.04 Å². The highest BCUT2D eigenvalue weighted by Crippen LogP contribution is 2.37. The summed E-state index contributed by atoms with van der Waals surface area (Å²) in [5.41, 5.74) is 2.76. The van der Waals surface area contributed by atoms with Gasteiger partial charge in [0, 0.05) is 30.5 Å². The zero-order chi connectivity index (χ0) is 20.6. The molecule has 0 aliphatic rings. The Morgan fingerprint density at radius 3 is 2.59 bits per heavy atom. The van der Waals surface area contributed by atoms with E-state index in [2.05, 4.69) is 10.3 Å². The van der Waals surface area contributed by atoms with E-state index in [4.69, 9.17) is 21.1 Å². The molecule has 0 amide bonds. The van der Waals surface area contributed by atoms with Gasteiger partial charge in [0.1, 0.15) is 6.61 Å². The first kappa shape index (κ1) is 21.1. The van der Waals surface area contributed by atoms with Crippen molar-refractivity contribution in [2.24, 2.45) is 0 Å². The number of hydrogen-bond acceptors (Lipinski definition) is 5. The summed E-state index contributed by atoms with van der Waals surface area (Å²) < 4.78 is 11.3. The predicted octanol–water partition coefficient (Wildman–Crippen LogP) is 4.53. The molecule has 3 rings (SSSR count). The topological polar surface area (TPSA) is 63.6 Å². The average molecular weight is 413 g/mol. The number of aliphatic hydroxyl groups is 1. The monoisotopic (exact) mass is 412 g/mol. The fourth-order valence-electron chi connectivity index (χ4n) is 2.98. The van der Waals surface area contributed by atoms with Gasteiger partial charge in [-0.2, -0.15) is 0 Å². The molecule has 1 aromatic heterocycles. The standard InChI is InChI=1S/C23H25ClN2O3/c1-16(22(27)19-8-4-3-5-9-19)26-14-18-11-20(24)23(21(12-18)28-2)29-15-17-7-6-10-25-13-17/h3-13,16,22,26-27H,14-15H2,1-2H3. The van der Waals surface area contributed by atoms with E-state index in [9.17, 15) is 5.11 Å². The fraction of sp³-hybridized carbons (Fsp3) is 0.261. The Morgan fingerprint density at radius 1 is 1.10 bits per heavy atom. The summed E-state index contributed by atoms with van der Waals surface area (Å²) in [6.07, 6.45) is 2.86. The van der Waals surface area contributed by atoms with Crippen molar-refractivity contribution < 1.29 is 14.6 Å². The maximum atomic E-state index is 10.5. The molecule has 0 aliphatic heterocycles. The molecule has 2 unspecified atom stereocenters. The van der Waals surface area contributed by atoms with Gasteiger partial charge in [-0.25, -0.2) is 0 Å². The maximum absolute atomic E-state index is 10.5. The molecule has 0 saturated heterocycles. The lowest BCUT2D eigenvalue weighted by Crippen LogP contribution is -2.31. The number of ether oxygens (including phenoxy) is 2. The third kappa shape index (κ3) is 5.70. The fourth-order valence-corrected chi connectivity index (χ4v) is 3.27. The number of pyridine rings is 1. The number of aliphatic hydroxyl groups excluding tert-OH is 1. The molecule has 0 fully saturated rings. The average Bonchev–Trinajstić information content (AvgIpc) is 2.77. The molecule has 152 valence electrons. The second-order valence-corrected chi connectivity index (χ2v) is 7.19. The second kappa shape index (κ2) is 10.3. The molecule has 3 aromatic rings. The summed E-state index contributed by atoms with van der Waals surface area (Å²) >= 11 is 6.46. The minimum atomic E-state index is -0.601. The third-order valence-electron chi connectivity index (χ3n) is 4.64. The van der Waals surface area contributed by atoms with Gasteiger partial charge in [-0.3, -0.25) is 4.98 Å². The van der Waals surface area contributed by atoms with Crippen LogP contribution in [0.5, 0.6) is 11.5 Å². The molecule has 0 aliphatic carbocycles. The molecule has 5 nitrogen and oxygen atoms in total. The Balaban J connectivity index is 1.65. The molecule has 29 heavy (non-hydrogen) atoms. The van der Waals surface area contributed by atoms with Crippen molar-refractivity contribution in [3.8, 4) is 11.5 Å². The molecule has 2 aromatic carbocycles. The number of benzene rings is 2. The summed E-state index contributed by atoms with van der Waals surface area (Å²) in [5, 5.41) is 14.3. The molecule has 0 bridgehead atoms. The van der Waals surface area contributed by atoms with Gasteiger partial charge >= 0.3 is 0 Å². The highest BCUT2D eigenvalue weighted by Gasteiger charge is 2.17. The van der Waals surface area contributed by atoms with Crippen molar-refractivity contribution in [3.63, 3.8) is 0 Å². The van der Waals surface area contributed by atoms with Crippen LogP contribution in [0.15, 0.2) is 67.0 Å². The van der Waals surface area contributed by atoms with Crippen molar-refractivity contribution in [1.29, 1.82) is 0 Å². The van der Waals surface area contributed by atoms with Gasteiger partial charge in [0.15, 0.2) is 11.5 Å². The van der Waals surface area contributed by atoms with E-state index in [0.29, 0.717) is 29.7 Å². The molecule has 6 heteroatoms. The van der Waals surface area contributed by atoms with E-state index in [1.807, 2.05) is 61.5 Å². The quantitative estimate of drug-likeness (QED) is 0.540. The smallest absolute Gasteiger partial charge is 0.180 e. The molecule has 2 N–H and O–H groups in total. The van der Waals surface area contributed by atoms with Crippen molar-refractivity contribution in [1.82, 2.24) is 10.3 Å². The van der Waals surface area contributed by atoms with Crippen molar-refractivity contribution in [2.75, 3.05) is 7.11 Å². The van der Waals surface area contributed by atoms with Crippen LogP contribution in [-0.4, -0.2) is 23.2 Å². The number of nitrogens with zero attached hydrogens (tertiary/aromatic N) is 1. The van der Waals surface area contributed by atoms with Gasteiger partial charge in [-0.05, 0) is 36.2 Å². The number of aromatic nitrogens is 1. The van der Waals surface area contributed by atoms with Crippen LogP contribution in [0, 0.1) is 0 Å². The highest BCUT2D eigenvalue weighted by molar-refractivity contribution is 6.32. The van der Waals surface area contributed by atoms with E-state index in [0.717, 1.165) is 16.7 Å². The van der Waals surface area contributed by atoms with Gasteiger partial charge in [0.25, 0.3) is 0 Å². The van der Waals surface area contributed by atoms with Crippen LogP contribution in [-0.2, 0) is 13.2 Å². The van der Waals surface area contributed by atoms with E-state index >= 15 is 0 Å². The van der Waals surface area contributed by atoms with Gasteiger partial charge < -0.3 is 19.9 Å². The second-order valence-electron chi connectivity index (χ2n) is 6.78. The minimum absolute atomic E-state index is 0.135. The lowest BCUT2D eigenvalue weighted by molar-refractivity contribution is 0.135. The van der Waals surface area contributed by atoms with Crippen LogP contribution in [0.2, 0.25) is 5.02 Å². The SMILES string of the molecule is COc1cc(CNC(C)C(O)c2ccccc2)cc(Cl)c1OCc1cccnc1. The zero-order valence-electron chi connectivity index (χ0n) is 16.5. The van der Waals surface area contributed by atoms with E-state index in [1.54, 1.807) is 19.5 Å². The van der Waals surface area contributed by atoms with Gasteiger partial charge in [-0.15, -0.1) is 0 Å². The Morgan fingerprint density at radius 2 is 1.90 bits per heavy atom. The summed E-state index contributed by atoms with van der Waals surface area (Å²) in [5.74, 6) is 1.06. The molecule has 0 spiro atoms. The van der Waals surface area contributed by atoms with Crippen molar-refractivity contribution >= 4 is 11.6 Å². The molecule has 0 saturated carbocycles. The molecule has 1 heterocycles. The molecular formula is C23H25ClN2O3. The number of nitrogens with one attached hydrogen (secondary N) is 1. The first-order chi connectivity index (χ1) is 14.1. The summed E-state index contributed by atoms with van der Waals surface area (Å²) in [6.45, 7) is 2.83. The van der Waals surface area contributed by atoms with Crippen LogP contribution in [0.3, 0.4) is 0 Å². The summed E-state index contributed by atoms with van der Waals surface area (Å²) in [4.78, 5) is 4.08. The lowest BCUT2D eigenvalue weighted by atomic mass is 10.0. The maximum Gasteiger partial charge on any atom is 0.180 e. The van der Waals surface area contributed by atoms with Gasteiger partial charge in [0.05, 0.1) is 18.2 Å². The largest absolute Gasteiger partial charge is 0.493 e. The summed E-state index contributed by atoms with van der Waals surface area (Å²) in [6, 6.07) is 17.0. The third-order valence-corrected chi connectivity index (χ3v) is 4.92. The van der Waals surface area contributed by atoms with E-state index < -0.39 is 6.10 Å². The van der Waals surface area contributed by atoms with Crippen molar-refractivity contribution in [3.05, 3.63) is 88.7 Å². The lowest BCUT2D eigenvalue weighted by Gasteiger charge is -2.21. The van der Waals surface area contributed by atoms with Gasteiger partial charge in [0.2, 0.25) is 0 Å². The molecule has 0 radical (unpaired) electrons. The minimum Gasteiger partial charge on any atom is -0.493 e. The predicted molar refractivity (Wildman–Crippen MR) is 114 cm³/mol. The highest BCUT2D eigenvalue weighted by atomic mass is 35.5. The van der Waals surface area contributed by atoms with Crippen LogP contribution < -0.4 is 14.8 Å². The molecule has 2 atom stereocenters. The summed E-state index contributed by atoms with van der Waals surface area (Å²) in [7, 11) is 1.58. The van der Waals surface area contributed by atoms with Gasteiger partial charge in [-0.1, -0.05) is 48.0 Å². The molecular weight excluding hydrogens is 388 g/mol. The van der Waals surface area contributed by atoms with Crippen LogP contribution >= 0.6 is 11.6 Å². The number of halogens is 1. The Labute approximate surface area is 176 Å². The van der Waals surface area contributed by atoms with Crippen LogP contribution in [0.25, 0.3) is 0 Å². The Bertz CT molecular complexity index is 907. The Kier molecular flexibility index (Phi) is 7.47. The zero-order valence-corrected chi connectivity index (χ0v) is 17.3. The first-order valence-electron chi connectivity index (χ1n) is 9.43. The van der Waals surface area contributed by atoms with Crippen molar-refractivity contribution in [2.45, 2.75) is 32.2 Å². The number of rotatable bonds is 9. The normalized spacial score (nSPS) is 13.0.